The Hall–Kier alpha value is -4.47. The molecule has 0 bridgehead atoms. The highest BCUT2D eigenvalue weighted by Crippen LogP contribution is 2.56. The number of aromatic amines is 1. The van der Waals surface area contributed by atoms with Gasteiger partial charge >= 0.3 is 5.97 Å². The number of carbonyl (C=O) groups excluding carboxylic acids is 2. The highest BCUT2D eigenvalue weighted by atomic mass is 16.6. The molecule has 4 heterocycles. The molecule has 10 heteroatoms. The Morgan fingerprint density at radius 2 is 1.90 bits per heavy atom. The lowest BCUT2D eigenvalue weighted by atomic mass is 9.67. The van der Waals surface area contributed by atoms with Crippen LogP contribution in [-0.4, -0.2) is 33.6 Å². The molecule has 2 aromatic carbocycles. The summed E-state index contributed by atoms with van der Waals surface area (Å²) in [5, 5.41) is 24.7. The lowest BCUT2D eigenvalue weighted by molar-refractivity contribution is -0.384. The van der Waals surface area contributed by atoms with Gasteiger partial charge in [0.05, 0.1) is 21.9 Å². The summed E-state index contributed by atoms with van der Waals surface area (Å²) in [5.74, 6) is -0.774. The van der Waals surface area contributed by atoms with Crippen LogP contribution >= 0.6 is 0 Å². The number of rotatable bonds is 2. The third kappa shape index (κ3) is 2.08. The molecular weight excluding hydrogens is 402 g/mol. The van der Waals surface area contributed by atoms with Crippen molar-refractivity contribution in [3.8, 4) is 11.3 Å². The van der Waals surface area contributed by atoms with Crippen molar-refractivity contribution in [1.29, 1.82) is 0 Å². The van der Waals surface area contributed by atoms with Gasteiger partial charge in [-0.15, -0.1) is 0 Å². The number of benzene rings is 2. The van der Waals surface area contributed by atoms with Crippen molar-refractivity contribution in [1.82, 2.24) is 10.2 Å². The van der Waals surface area contributed by atoms with E-state index in [9.17, 15) is 19.7 Å². The van der Waals surface area contributed by atoms with E-state index in [2.05, 4.69) is 20.8 Å². The van der Waals surface area contributed by atoms with Crippen LogP contribution in [0.25, 0.3) is 11.3 Å². The summed E-state index contributed by atoms with van der Waals surface area (Å²) in [6.07, 6.45) is 0. The number of cyclic esters (lactones) is 1. The van der Waals surface area contributed by atoms with Gasteiger partial charge in [0.2, 0.25) is 5.91 Å². The monoisotopic (exact) mass is 415 g/mol. The van der Waals surface area contributed by atoms with Gasteiger partial charge in [-0.3, -0.25) is 20.0 Å². The molecule has 3 N–H and O–H groups in total. The van der Waals surface area contributed by atoms with Crippen molar-refractivity contribution in [3.63, 3.8) is 0 Å². The van der Waals surface area contributed by atoms with Gasteiger partial charge < -0.3 is 15.4 Å². The lowest BCUT2D eigenvalue weighted by Gasteiger charge is -2.32. The van der Waals surface area contributed by atoms with Gasteiger partial charge in [0.15, 0.2) is 5.82 Å². The minimum absolute atomic E-state index is 0.0412. The summed E-state index contributed by atoms with van der Waals surface area (Å²) >= 11 is 0. The number of nitro groups is 1. The van der Waals surface area contributed by atoms with E-state index in [-0.39, 0.29) is 17.9 Å². The topological polar surface area (TPSA) is 139 Å². The van der Waals surface area contributed by atoms with Crippen LogP contribution in [0, 0.1) is 10.1 Å². The molecule has 0 aliphatic carbocycles. The van der Waals surface area contributed by atoms with Gasteiger partial charge in [-0.25, -0.2) is 4.79 Å². The first kappa shape index (κ1) is 17.4. The fourth-order valence-electron chi connectivity index (χ4n) is 4.66. The Morgan fingerprint density at radius 3 is 2.68 bits per heavy atom. The van der Waals surface area contributed by atoms with Gasteiger partial charge in [-0.05, 0) is 11.6 Å². The van der Waals surface area contributed by atoms with Crippen LogP contribution in [0.5, 0.6) is 0 Å². The molecule has 0 radical (unpaired) electrons. The largest absolute Gasteiger partial charge is 0.456 e. The van der Waals surface area contributed by atoms with Crippen LogP contribution in [0.3, 0.4) is 0 Å². The predicted octanol–water partition coefficient (Wildman–Crippen LogP) is 2.46. The van der Waals surface area contributed by atoms with Gasteiger partial charge in [-0.2, -0.15) is 5.10 Å². The van der Waals surface area contributed by atoms with E-state index in [0.29, 0.717) is 34.0 Å². The third-order valence-electron chi connectivity index (χ3n) is 5.91. The fourth-order valence-corrected chi connectivity index (χ4v) is 4.66. The van der Waals surface area contributed by atoms with E-state index < -0.39 is 22.2 Å². The van der Waals surface area contributed by atoms with Gasteiger partial charge in [0, 0.05) is 28.9 Å². The summed E-state index contributed by atoms with van der Waals surface area (Å²) < 4.78 is 5.25. The van der Waals surface area contributed by atoms with E-state index in [1.807, 2.05) is 30.3 Å². The Labute approximate surface area is 174 Å². The molecule has 31 heavy (non-hydrogen) atoms. The summed E-state index contributed by atoms with van der Waals surface area (Å²) in [6.45, 7) is -0.0412. The number of hydrogen-bond acceptors (Lipinski definition) is 7. The molecule has 3 aliphatic heterocycles. The van der Waals surface area contributed by atoms with Crippen LogP contribution < -0.4 is 10.6 Å². The molecule has 152 valence electrons. The number of anilines is 2. The molecule has 3 aromatic rings. The third-order valence-corrected chi connectivity index (χ3v) is 5.91. The van der Waals surface area contributed by atoms with Crippen molar-refractivity contribution in [2.75, 3.05) is 17.2 Å². The molecule has 0 fully saturated rings. The van der Waals surface area contributed by atoms with Gasteiger partial charge in [-0.1, -0.05) is 30.3 Å². The summed E-state index contributed by atoms with van der Waals surface area (Å²) in [6, 6.07) is 13.4. The maximum absolute atomic E-state index is 13.6. The predicted molar refractivity (Wildman–Crippen MR) is 108 cm³/mol. The molecule has 1 unspecified atom stereocenters. The van der Waals surface area contributed by atoms with Crippen LogP contribution in [0.15, 0.2) is 59.8 Å². The standard InChI is InChI=1S/C21H13N5O5/c27-19-15-14(9-31-19)22-18-16(17(24-25-18)10-4-2-1-3-5-10)21(15)12-8-11(26(29)30)6-7-13(12)23-20(21)28/h1-8H,9H2,(H,23,28)(H2,22,24,25). The number of H-pyrrole nitrogens is 1. The molecule has 6 rings (SSSR count). The number of aromatic nitrogens is 2. The number of nitrogens with one attached hydrogen (secondary N) is 3. The number of fused-ring (bicyclic) bond motifs is 5. The Balaban J connectivity index is 1.74. The van der Waals surface area contributed by atoms with E-state index >= 15 is 0 Å². The van der Waals surface area contributed by atoms with E-state index in [1.54, 1.807) is 0 Å². The number of carbonyl (C=O) groups is 2. The molecule has 1 spiro atoms. The molecule has 3 aliphatic rings. The normalized spacial score (nSPS) is 20.6. The summed E-state index contributed by atoms with van der Waals surface area (Å²) in [5.41, 5.74) is 1.13. The fraction of sp³-hybridized carbons (Fsp3) is 0.0952. The Kier molecular flexibility index (Phi) is 3.25. The molecule has 0 saturated heterocycles. The van der Waals surface area contributed by atoms with Crippen LogP contribution in [-0.2, 0) is 19.7 Å². The van der Waals surface area contributed by atoms with E-state index in [4.69, 9.17) is 4.74 Å². The molecule has 1 atom stereocenters. The van der Waals surface area contributed by atoms with Crippen LogP contribution in [0.2, 0.25) is 0 Å². The number of nitro benzene ring substituents is 1. The second-order valence-electron chi connectivity index (χ2n) is 7.43. The maximum atomic E-state index is 13.6. The Bertz CT molecular complexity index is 1360. The number of nitrogens with zero attached hydrogens (tertiary/aromatic N) is 2. The lowest BCUT2D eigenvalue weighted by Crippen LogP contribution is -2.43. The molecule has 1 aromatic heterocycles. The van der Waals surface area contributed by atoms with Gasteiger partial charge in [0.25, 0.3) is 5.69 Å². The van der Waals surface area contributed by atoms with E-state index in [1.165, 1.54) is 18.2 Å². The summed E-state index contributed by atoms with van der Waals surface area (Å²) in [7, 11) is 0. The highest BCUT2D eigenvalue weighted by molar-refractivity contribution is 6.19. The van der Waals surface area contributed by atoms with Gasteiger partial charge in [0.1, 0.15) is 12.0 Å². The SMILES string of the molecule is O=C1OCC2=C1C1(C(=O)Nc3ccc([N+](=O)[O-])cc31)c1c(n[nH]c1-c1ccccc1)N2. The average Bonchev–Trinajstić information content (AvgIpc) is 3.44. The number of amides is 1. The van der Waals surface area contributed by atoms with Crippen molar-refractivity contribution < 1.29 is 19.2 Å². The van der Waals surface area contributed by atoms with Crippen LogP contribution in [0.4, 0.5) is 17.2 Å². The van der Waals surface area contributed by atoms with Crippen LogP contribution in [0.1, 0.15) is 11.1 Å². The van der Waals surface area contributed by atoms with Crippen molar-refractivity contribution >= 4 is 29.1 Å². The first-order valence-corrected chi connectivity index (χ1v) is 9.44. The minimum atomic E-state index is -1.64. The maximum Gasteiger partial charge on any atom is 0.338 e. The number of ether oxygens (including phenoxy) is 1. The van der Waals surface area contributed by atoms with Crippen molar-refractivity contribution in [2.24, 2.45) is 0 Å². The number of esters is 1. The zero-order valence-corrected chi connectivity index (χ0v) is 15.8. The van der Waals surface area contributed by atoms with E-state index in [0.717, 1.165) is 5.56 Å². The van der Waals surface area contributed by atoms with Crippen molar-refractivity contribution in [3.05, 3.63) is 81.0 Å². The molecule has 10 nitrogen and oxygen atoms in total. The second-order valence-corrected chi connectivity index (χ2v) is 7.43. The molecular formula is C21H13N5O5. The zero-order chi connectivity index (χ0) is 21.3. The summed E-state index contributed by atoms with van der Waals surface area (Å²) in [4.78, 5) is 37.5. The number of non-ortho nitro benzene ring substituents is 1. The number of hydrogen-bond donors (Lipinski definition) is 3. The highest BCUT2D eigenvalue weighted by Gasteiger charge is 2.61. The molecule has 0 saturated carbocycles. The first-order valence-electron chi connectivity index (χ1n) is 9.44. The minimum Gasteiger partial charge on any atom is -0.456 e. The smallest absolute Gasteiger partial charge is 0.338 e. The van der Waals surface area contributed by atoms with Crippen molar-refractivity contribution in [2.45, 2.75) is 5.41 Å². The average molecular weight is 415 g/mol. The quantitative estimate of drug-likeness (QED) is 0.332. The Morgan fingerprint density at radius 1 is 1.10 bits per heavy atom. The second kappa shape index (κ2) is 5.79. The first-order chi connectivity index (χ1) is 15.0. The molecule has 1 amide bonds. The zero-order valence-electron chi connectivity index (χ0n) is 15.8.